The molecule has 0 aliphatic carbocycles. The maximum atomic E-state index is 12.4. The van der Waals surface area contributed by atoms with E-state index in [-0.39, 0.29) is 4.90 Å². The standard InChI is InChI=1S/C15H14N4O4S/c16-11-6-8-12(9-7-11)24(22,23)18-19-14(20)13(17-15(19)21)10-4-2-1-3-5-10/h1-9,13,18H,16H2,(H,17,21)/t13-/m1/s1. The van der Waals surface area contributed by atoms with Crippen molar-refractivity contribution in [2.24, 2.45) is 0 Å². The van der Waals surface area contributed by atoms with E-state index in [1.54, 1.807) is 30.3 Å². The molecule has 1 saturated heterocycles. The van der Waals surface area contributed by atoms with Crippen molar-refractivity contribution in [1.82, 2.24) is 15.2 Å². The monoisotopic (exact) mass is 346 g/mol. The van der Waals surface area contributed by atoms with Crippen LogP contribution in [0.15, 0.2) is 59.5 Å². The van der Waals surface area contributed by atoms with E-state index in [4.69, 9.17) is 5.73 Å². The summed E-state index contributed by atoms with van der Waals surface area (Å²) in [4.78, 5) is 26.2. The Hall–Kier alpha value is -2.91. The van der Waals surface area contributed by atoms with E-state index < -0.39 is 28.0 Å². The SMILES string of the molecule is Nc1ccc(S(=O)(=O)NN2C(=O)N[C@H](c3ccccc3)C2=O)cc1. The minimum Gasteiger partial charge on any atom is -0.399 e. The first kappa shape index (κ1) is 16.0. The minimum atomic E-state index is -4.09. The number of nitrogen functional groups attached to an aromatic ring is 1. The summed E-state index contributed by atoms with van der Waals surface area (Å²) < 4.78 is 24.6. The van der Waals surface area contributed by atoms with Crippen LogP contribution >= 0.6 is 0 Å². The summed E-state index contributed by atoms with van der Waals surface area (Å²) in [5, 5.41) is 2.91. The van der Waals surface area contributed by atoms with Gasteiger partial charge in [-0.3, -0.25) is 4.79 Å². The van der Waals surface area contributed by atoms with E-state index in [0.29, 0.717) is 16.3 Å². The normalized spacial score (nSPS) is 17.8. The van der Waals surface area contributed by atoms with Gasteiger partial charge < -0.3 is 11.1 Å². The molecule has 1 fully saturated rings. The van der Waals surface area contributed by atoms with Crippen molar-refractivity contribution in [3.05, 3.63) is 60.2 Å². The van der Waals surface area contributed by atoms with Crippen molar-refractivity contribution in [3.63, 3.8) is 0 Å². The number of rotatable bonds is 4. The van der Waals surface area contributed by atoms with Crippen molar-refractivity contribution >= 4 is 27.6 Å². The van der Waals surface area contributed by atoms with Crippen LogP contribution in [0.5, 0.6) is 0 Å². The second-order valence-electron chi connectivity index (χ2n) is 5.13. The first-order valence-corrected chi connectivity index (χ1v) is 8.44. The van der Waals surface area contributed by atoms with E-state index in [2.05, 4.69) is 5.32 Å². The lowest BCUT2D eigenvalue weighted by Crippen LogP contribution is -2.46. The van der Waals surface area contributed by atoms with Gasteiger partial charge in [-0.2, -0.15) is 5.01 Å². The summed E-state index contributed by atoms with van der Waals surface area (Å²) in [7, 11) is -4.09. The molecule has 0 aromatic heterocycles. The van der Waals surface area contributed by atoms with Crippen molar-refractivity contribution < 1.29 is 18.0 Å². The zero-order chi connectivity index (χ0) is 17.3. The number of nitrogens with zero attached hydrogens (tertiary/aromatic N) is 1. The molecular formula is C15H14N4O4S. The molecule has 2 aromatic carbocycles. The van der Waals surface area contributed by atoms with Gasteiger partial charge in [-0.1, -0.05) is 30.3 Å². The number of amides is 3. The maximum Gasteiger partial charge on any atom is 0.340 e. The number of imide groups is 1. The average molecular weight is 346 g/mol. The molecule has 1 aliphatic rings. The molecule has 1 aliphatic heterocycles. The molecule has 1 atom stereocenters. The molecule has 0 radical (unpaired) electrons. The maximum absolute atomic E-state index is 12.4. The summed E-state index contributed by atoms with van der Waals surface area (Å²) in [6.07, 6.45) is 0. The molecule has 0 spiro atoms. The van der Waals surface area contributed by atoms with Gasteiger partial charge in [0.05, 0.1) is 4.90 Å². The Morgan fingerprint density at radius 2 is 1.62 bits per heavy atom. The third-order valence-corrected chi connectivity index (χ3v) is 4.79. The smallest absolute Gasteiger partial charge is 0.340 e. The zero-order valence-corrected chi connectivity index (χ0v) is 13.2. The average Bonchev–Trinajstić information content (AvgIpc) is 2.84. The topological polar surface area (TPSA) is 122 Å². The zero-order valence-electron chi connectivity index (χ0n) is 12.3. The summed E-state index contributed by atoms with van der Waals surface area (Å²) in [6, 6.07) is 12.1. The molecule has 3 rings (SSSR count). The van der Waals surface area contributed by atoms with E-state index in [1.807, 2.05) is 4.83 Å². The van der Waals surface area contributed by atoms with E-state index >= 15 is 0 Å². The van der Waals surface area contributed by atoms with Crippen LogP contribution in [0.3, 0.4) is 0 Å². The number of carbonyl (C=O) groups is 2. The van der Waals surface area contributed by atoms with E-state index in [9.17, 15) is 18.0 Å². The lowest BCUT2D eigenvalue weighted by atomic mass is 10.1. The Morgan fingerprint density at radius 3 is 2.25 bits per heavy atom. The third kappa shape index (κ3) is 2.94. The molecule has 24 heavy (non-hydrogen) atoms. The second kappa shape index (κ2) is 5.95. The summed E-state index contributed by atoms with van der Waals surface area (Å²) in [5.41, 5.74) is 6.47. The highest BCUT2D eigenvalue weighted by Gasteiger charge is 2.41. The fraction of sp³-hybridized carbons (Fsp3) is 0.0667. The van der Waals surface area contributed by atoms with E-state index in [1.165, 1.54) is 24.3 Å². The number of hydrogen-bond donors (Lipinski definition) is 3. The number of nitrogens with one attached hydrogen (secondary N) is 2. The number of carbonyl (C=O) groups excluding carboxylic acids is 2. The van der Waals surface area contributed by atoms with Crippen molar-refractivity contribution in [2.75, 3.05) is 5.73 Å². The molecule has 124 valence electrons. The lowest BCUT2D eigenvalue weighted by molar-refractivity contribution is -0.128. The van der Waals surface area contributed by atoms with Gasteiger partial charge in [0.2, 0.25) is 0 Å². The summed E-state index contributed by atoms with van der Waals surface area (Å²) >= 11 is 0. The van der Waals surface area contributed by atoms with Crippen molar-refractivity contribution in [1.29, 1.82) is 0 Å². The van der Waals surface area contributed by atoms with Gasteiger partial charge in [0, 0.05) is 5.69 Å². The summed E-state index contributed by atoms with van der Waals surface area (Å²) in [6.45, 7) is 0. The molecule has 0 saturated carbocycles. The third-order valence-electron chi connectivity index (χ3n) is 3.47. The predicted octanol–water partition coefficient (Wildman–Crippen LogP) is 0.755. The molecule has 4 N–H and O–H groups in total. The minimum absolute atomic E-state index is 0.111. The van der Waals surface area contributed by atoms with Crippen LogP contribution < -0.4 is 15.9 Å². The van der Waals surface area contributed by atoms with Gasteiger partial charge in [0.15, 0.2) is 0 Å². The number of nitrogens with two attached hydrogens (primary N) is 1. The predicted molar refractivity (Wildman–Crippen MR) is 85.7 cm³/mol. The first-order chi connectivity index (χ1) is 11.4. The highest BCUT2D eigenvalue weighted by Crippen LogP contribution is 2.21. The van der Waals surface area contributed by atoms with Crippen LogP contribution in [-0.4, -0.2) is 25.4 Å². The molecule has 9 heteroatoms. The first-order valence-electron chi connectivity index (χ1n) is 6.96. The molecule has 0 bridgehead atoms. The number of hydrogen-bond acceptors (Lipinski definition) is 5. The summed E-state index contributed by atoms with van der Waals surface area (Å²) in [5.74, 6) is -0.703. The fourth-order valence-electron chi connectivity index (χ4n) is 2.26. The molecule has 2 aromatic rings. The number of benzene rings is 2. The van der Waals surface area contributed by atoms with Crippen LogP contribution in [0, 0.1) is 0 Å². The highest BCUT2D eigenvalue weighted by atomic mass is 32.2. The van der Waals surface area contributed by atoms with Crippen LogP contribution in [-0.2, 0) is 14.8 Å². The van der Waals surface area contributed by atoms with Crippen LogP contribution in [0.4, 0.5) is 10.5 Å². The van der Waals surface area contributed by atoms with Gasteiger partial charge >= 0.3 is 6.03 Å². The Kier molecular flexibility index (Phi) is 3.96. The van der Waals surface area contributed by atoms with Crippen LogP contribution in [0.1, 0.15) is 11.6 Å². The lowest BCUT2D eigenvalue weighted by Gasteiger charge is -2.14. The van der Waals surface area contributed by atoms with E-state index in [0.717, 1.165) is 0 Å². The molecule has 3 amide bonds. The molecular weight excluding hydrogens is 332 g/mol. The molecule has 0 unspecified atom stereocenters. The quantitative estimate of drug-likeness (QED) is 0.557. The number of urea groups is 1. The van der Waals surface area contributed by atoms with Gasteiger partial charge in [-0.25, -0.2) is 13.2 Å². The second-order valence-corrected chi connectivity index (χ2v) is 6.79. The number of hydrazine groups is 1. The Balaban J connectivity index is 1.84. The number of anilines is 1. The molecule has 1 heterocycles. The largest absolute Gasteiger partial charge is 0.399 e. The van der Waals surface area contributed by atoms with Gasteiger partial charge in [-0.15, -0.1) is 4.83 Å². The van der Waals surface area contributed by atoms with Crippen molar-refractivity contribution in [3.8, 4) is 0 Å². The Bertz CT molecular complexity index is 881. The van der Waals surface area contributed by atoms with Gasteiger partial charge in [0.25, 0.3) is 15.9 Å². The van der Waals surface area contributed by atoms with Gasteiger partial charge in [-0.05, 0) is 29.8 Å². The fourth-order valence-corrected chi connectivity index (χ4v) is 3.27. The Morgan fingerprint density at radius 1 is 1.00 bits per heavy atom. The van der Waals surface area contributed by atoms with Crippen LogP contribution in [0.25, 0.3) is 0 Å². The molecule has 8 nitrogen and oxygen atoms in total. The van der Waals surface area contributed by atoms with Crippen LogP contribution in [0.2, 0.25) is 0 Å². The highest BCUT2D eigenvalue weighted by molar-refractivity contribution is 7.89. The van der Waals surface area contributed by atoms with Gasteiger partial charge in [0.1, 0.15) is 6.04 Å². The number of sulfonamides is 1. The van der Waals surface area contributed by atoms with Crippen molar-refractivity contribution in [2.45, 2.75) is 10.9 Å². The Labute approximate surface area is 138 Å².